The molecule has 0 fully saturated rings. The van der Waals surface area contributed by atoms with Gasteiger partial charge in [-0.2, -0.15) is 0 Å². The van der Waals surface area contributed by atoms with Crippen molar-refractivity contribution in [3.63, 3.8) is 0 Å². The molecular weight excluding hydrogens is 300 g/mol. The standard InChI is InChI=1S/C16H16N2O5/c1-2-22-16(21)18-12-7-5-11(6-8-12)15(20)23-10-14(19)13-4-3-9-17-13/h3-9,17H,2,10H2,1H3,(H,18,21). The van der Waals surface area contributed by atoms with Crippen LogP contribution >= 0.6 is 0 Å². The normalized spacial score (nSPS) is 9.96. The summed E-state index contributed by atoms with van der Waals surface area (Å²) in [4.78, 5) is 37.6. The lowest BCUT2D eigenvalue weighted by Crippen LogP contribution is -2.15. The first-order valence-corrected chi connectivity index (χ1v) is 6.97. The summed E-state index contributed by atoms with van der Waals surface area (Å²) in [5.74, 6) is -0.934. The maximum atomic E-state index is 11.9. The number of aromatic amines is 1. The fourth-order valence-corrected chi connectivity index (χ4v) is 1.77. The largest absolute Gasteiger partial charge is 0.454 e. The second-order valence-corrected chi connectivity index (χ2v) is 4.51. The van der Waals surface area contributed by atoms with Crippen LogP contribution in [0.4, 0.5) is 10.5 Å². The van der Waals surface area contributed by atoms with E-state index in [2.05, 4.69) is 10.3 Å². The Labute approximate surface area is 132 Å². The maximum absolute atomic E-state index is 11.9. The van der Waals surface area contributed by atoms with Gasteiger partial charge in [0, 0.05) is 11.9 Å². The second kappa shape index (κ2) is 7.79. The fraction of sp³-hybridized carbons (Fsp3) is 0.188. The van der Waals surface area contributed by atoms with E-state index in [4.69, 9.17) is 9.47 Å². The number of amides is 1. The van der Waals surface area contributed by atoms with Gasteiger partial charge in [0.1, 0.15) is 0 Å². The molecule has 0 spiro atoms. The van der Waals surface area contributed by atoms with E-state index in [-0.39, 0.29) is 24.6 Å². The van der Waals surface area contributed by atoms with Crippen molar-refractivity contribution in [3.05, 3.63) is 53.9 Å². The summed E-state index contributed by atoms with van der Waals surface area (Å²) in [6.45, 7) is 1.63. The monoisotopic (exact) mass is 316 g/mol. The number of anilines is 1. The quantitative estimate of drug-likeness (QED) is 0.630. The minimum atomic E-state index is -0.618. The highest BCUT2D eigenvalue weighted by atomic mass is 16.5. The third-order valence-corrected chi connectivity index (χ3v) is 2.88. The van der Waals surface area contributed by atoms with Crippen LogP contribution in [-0.4, -0.2) is 36.0 Å². The van der Waals surface area contributed by atoms with E-state index >= 15 is 0 Å². The van der Waals surface area contributed by atoms with Gasteiger partial charge in [-0.3, -0.25) is 10.1 Å². The van der Waals surface area contributed by atoms with Gasteiger partial charge >= 0.3 is 12.1 Å². The first kappa shape index (κ1) is 16.3. The summed E-state index contributed by atoms with van der Waals surface area (Å²) in [7, 11) is 0. The Bertz CT molecular complexity index is 677. The number of ketones is 1. The molecule has 0 aliphatic heterocycles. The third-order valence-electron chi connectivity index (χ3n) is 2.88. The van der Waals surface area contributed by atoms with Crippen LogP contribution in [0.25, 0.3) is 0 Å². The topological polar surface area (TPSA) is 97.5 Å². The van der Waals surface area contributed by atoms with Crippen molar-refractivity contribution >= 4 is 23.5 Å². The van der Waals surface area contributed by atoms with E-state index in [9.17, 15) is 14.4 Å². The van der Waals surface area contributed by atoms with Crippen molar-refractivity contribution in [2.75, 3.05) is 18.5 Å². The van der Waals surface area contributed by atoms with Crippen molar-refractivity contribution < 1.29 is 23.9 Å². The van der Waals surface area contributed by atoms with Gasteiger partial charge in [-0.1, -0.05) is 0 Å². The average Bonchev–Trinajstić information content (AvgIpc) is 3.07. The van der Waals surface area contributed by atoms with Crippen LogP contribution in [0.1, 0.15) is 27.8 Å². The van der Waals surface area contributed by atoms with Crippen LogP contribution in [-0.2, 0) is 9.47 Å². The van der Waals surface area contributed by atoms with Gasteiger partial charge in [-0.05, 0) is 43.3 Å². The summed E-state index contributed by atoms with van der Waals surface area (Å²) in [5.41, 5.74) is 1.15. The predicted molar refractivity (Wildman–Crippen MR) is 82.5 cm³/mol. The zero-order valence-corrected chi connectivity index (χ0v) is 12.5. The van der Waals surface area contributed by atoms with Gasteiger partial charge in [-0.15, -0.1) is 0 Å². The Morgan fingerprint density at radius 3 is 2.43 bits per heavy atom. The van der Waals surface area contributed by atoms with Gasteiger partial charge in [0.2, 0.25) is 5.78 Å². The van der Waals surface area contributed by atoms with Crippen molar-refractivity contribution in [3.8, 4) is 0 Å². The molecule has 2 aromatic rings. The molecule has 7 nitrogen and oxygen atoms in total. The Morgan fingerprint density at radius 1 is 1.09 bits per heavy atom. The van der Waals surface area contributed by atoms with Crippen LogP contribution in [0.3, 0.4) is 0 Å². The van der Waals surface area contributed by atoms with E-state index < -0.39 is 12.1 Å². The number of nitrogens with one attached hydrogen (secondary N) is 2. The molecule has 2 rings (SSSR count). The molecule has 1 heterocycles. The van der Waals surface area contributed by atoms with Gasteiger partial charge in [0.25, 0.3) is 0 Å². The molecule has 1 amide bonds. The van der Waals surface area contributed by atoms with E-state index in [1.807, 2.05) is 0 Å². The van der Waals surface area contributed by atoms with Crippen LogP contribution in [0.15, 0.2) is 42.6 Å². The molecule has 2 N–H and O–H groups in total. The molecule has 0 saturated heterocycles. The molecule has 1 aromatic carbocycles. The summed E-state index contributed by atoms with van der Waals surface area (Å²) in [6, 6.07) is 9.35. The molecule has 0 radical (unpaired) electrons. The minimum Gasteiger partial charge on any atom is -0.454 e. The van der Waals surface area contributed by atoms with Gasteiger partial charge in [-0.25, -0.2) is 9.59 Å². The first-order chi connectivity index (χ1) is 11.1. The summed E-state index contributed by atoms with van der Waals surface area (Å²) < 4.78 is 9.69. The van der Waals surface area contributed by atoms with Crippen molar-refractivity contribution in [2.24, 2.45) is 0 Å². The first-order valence-electron chi connectivity index (χ1n) is 6.97. The number of benzene rings is 1. The maximum Gasteiger partial charge on any atom is 0.411 e. The van der Waals surface area contributed by atoms with Crippen LogP contribution in [0, 0.1) is 0 Å². The number of hydrogen-bond acceptors (Lipinski definition) is 5. The average molecular weight is 316 g/mol. The third kappa shape index (κ3) is 4.70. The number of aromatic nitrogens is 1. The highest BCUT2D eigenvalue weighted by Gasteiger charge is 2.12. The van der Waals surface area contributed by atoms with Gasteiger partial charge in [0.05, 0.1) is 17.9 Å². The Morgan fingerprint density at radius 2 is 1.83 bits per heavy atom. The molecule has 0 aliphatic carbocycles. The summed E-state index contributed by atoms with van der Waals surface area (Å²) >= 11 is 0. The minimum absolute atomic E-state index is 0.269. The Kier molecular flexibility index (Phi) is 5.51. The number of carbonyl (C=O) groups is 3. The van der Waals surface area contributed by atoms with E-state index in [0.29, 0.717) is 11.4 Å². The number of esters is 1. The molecule has 7 heteroatoms. The zero-order chi connectivity index (χ0) is 16.7. The number of hydrogen-bond donors (Lipinski definition) is 2. The van der Waals surface area contributed by atoms with Gasteiger partial charge < -0.3 is 14.5 Å². The number of H-pyrrole nitrogens is 1. The molecule has 0 bridgehead atoms. The van der Waals surface area contributed by atoms with Gasteiger partial charge in [0.15, 0.2) is 6.61 Å². The lowest BCUT2D eigenvalue weighted by atomic mass is 10.2. The van der Waals surface area contributed by atoms with E-state index in [1.54, 1.807) is 37.4 Å². The number of rotatable bonds is 6. The fourth-order valence-electron chi connectivity index (χ4n) is 1.77. The highest BCUT2D eigenvalue weighted by molar-refractivity contribution is 5.98. The molecule has 0 unspecified atom stereocenters. The SMILES string of the molecule is CCOC(=O)Nc1ccc(C(=O)OCC(=O)c2ccc[nH]2)cc1. The molecule has 120 valence electrons. The smallest absolute Gasteiger partial charge is 0.411 e. The summed E-state index contributed by atoms with van der Waals surface area (Å²) in [5, 5.41) is 2.51. The van der Waals surface area contributed by atoms with Crippen molar-refractivity contribution in [1.82, 2.24) is 4.98 Å². The van der Waals surface area contributed by atoms with Crippen molar-refractivity contribution in [2.45, 2.75) is 6.92 Å². The number of Topliss-reactive ketones (excluding diaryl/α,β-unsaturated/α-hetero) is 1. The van der Waals surface area contributed by atoms with Crippen molar-refractivity contribution in [1.29, 1.82) is 0 Å². The number of carbonyl (C=O) groups excluding carboxylic acids is 3. The highest BCUT2D eigenvalue weighted by Crippen LogP contribution is 2.11. The molecule has 0 saturated carbocycles. The van der Waals surface area contributed by atoms with E-state index in [0.717, 1.165) is 0 Å². The molecule has 23 heavy (non-hydrogen) atoms. The lowest BCUT2D eigenvalue weighted by Gasteiger charge is -2.06. The Hall–Kier alpha value is -3.09. The molecular formula is C16H16N2O5. The summed E-state index contributed by atoms with van der Waals surface area (Å²) in [6.07, 6.45) is 1.05. The number of ether oxygens (including phenoxy) is 2. The Balaban J connectivity index is 1.87. The molecule has 1 aromatic heterocycles. The molecule has 0 aliphatic rings. The lowest BCUT2D eigenvalue weighted by molar-refractivity contribution is 0.0473. The van der Waals surface area contributed by atoms with Crippen LogP contribution in [0.5, 0.6) is 0 Å². The predicted octanol–water partition coefficient (Wildman–Crippen LogP) is 2.62. The zero-order valence-electron chi connectivity index (χ0n) is 12.5. The van der Waals surface area contributed by atoms with Crippen LogP contribution in [0.2, 0.25) is 0 Å². The van der Waals surface area contributed by atoms with E-state index in [1.165, 1.54) is 12.1 Å². The van der Waals surface area contributed by atoms with Crippen LogP contribution < -0.4 is 5.32 Å². The molecule has 0 atom stereocenters. The second-order valence-electron chi connectivity index (χ2n) is 4.51.